The first-order valence-electron chi connectivity index (χ1n) is 16.5. The number of carbonyl (C=O) groups excluding carboxylic acids is 2. The van der Waals surface area contributed by atoms with Crippen molar-refractivity contribution in [2.75, 3.05) is 23.7 Å². The summed E-state index contributed by atoms with van der Waals surface area (Å²) in [6.07, 6.45) is 5.97. The molecule has 0 unspecified atom stereocenters. The van der Waals surface area contributed by atoms with Gasteiger partial charge in [-0.05, 0) is 91.7 Å². The third-order valence-corrected chi connectivity index (χ3v) is 11.5. The average molecular weight is 720 g/mol. The highest BCUT2D eigenvalue weighted by molar-refractivity contribution is 7.98. The lowest BCUT2D eigenvalue weighted by Gasteiger charge is -2.34. The van der Waals surface area contributed by atoms with E-state index in [1.54, 1.807) is 60.7 Å². The van der Waals surface area contributed by atoms with Crippen LogP contribution in [0.3, 0.4) is 0 Å². The third kappa shape index (κ3) is 9.38. The standard InChI is InChI=1S/C38H42ClN3O5S2/c1-3-47-32-19-17-31(18-20-32)42(49(45,46)34-23-21-33(48-2)22-24-34)27-37(43)41(26-29-13-7-10-16-35(29)39)36(25-28-11-5-4-6-12-28)38(44)40-30-14-8-9-15-30/h4-7,10-13,16-24,30,36H,3,8-9,14-15,25-27H2,1-2H3,(H,40,44)/t36-/m0/s1. The molecule has 11 heteroatoms. The molecular formula is C38H42ClN3O5S2. The van der Waals surface area contributed by atoms with Crippen LogP contribution in [-0.2, 0) is 32.6 Å². The number of thioether (sulfide) groups is 1. The van der Waals surface area contributed by atoms with Crippen LogP contribution in [0.25, 0.3) is 0 Å². The quantitative estimate of drug-likeness (QED) is 0.129. The van der Waals surface area contributed by atoms with Crippen molar-refractivity contribution in [2.24, 2.45) is 0 Å². The zero-order valence-electron chi connectivity index (χ0n) is 27.8. The SMILES string of the molecule is CCOc1ccc(N(CC(=O)N(Cc2ccccc2Cl)[C@@H](Cc2ccccc2)C(=O)NC2CCCC2)S(=O)(=O)c2ccc(SC)cc2)cc1. The minimum Gasteiger partial charge on any atom is -0.494 e. The molecule has 4 aromatic carbocycles. The summed E-state index contributed by atoms with van der Waals surface area (Å²) in [6.45, 7) is 1.77. The van der Waals surface area contributed by atoms with Gasteiger partial charge in [0, 0.05) is 28.9 Å². The van der Waals surface area contributed by atoms with Gasteiger partial charge in [-0.15, -0.1) is 11.8 Å². The minimum absolute atomic E-state index is 0.00762. The highest BCUT2D eigenvalue weighted by atomic mass is 35.5. The summed E-state index contributed by atoms with van der Waals surface area (Å²) >= 11 is 8.12. The molecule has 0 radical (unpaired) electrons. The summed E-state index contributed by atoms with van der Waals surface area (Å²) in [5.74, 6) is -0.244. The number of rotatable bonds is 15. The Morgan fingerprint density at radius 2 is 1.57 bits per heavy atom. The van der Waals surface area contributed by atoms with Crippen LogP contribution < -0.4 is 14.4 Å². The van der Waals surface area contributed by atoms with Crippen molar-refractivity contribution in [2.45, 2.75) is 67.4 Å². The molecule has 4 aromatic rings. The predicted octanol–water partition coefficient (Wildman–Crippen LogP) is 7.35. The number of halogens is 1. The Labute approximate surface area is 298 Å². The minimum atomic E-state index is -4.23. The summed E-state index contributed by atoms with van der Waals surface area (Å²) < 4.78 is 35.4. The lowest BCUT2D eigenvalue weighted by molar-refractivity contribution is -0.140. The molecule has 0 aromatic heterocycles. The summed E-state index contributed by atoms with van der Waals surface area (Å²) in [6, 6.07) is 28.9. The molecule has 1 atom stereocenters. The van der Waals surface area contributed by atoms with E-state index in [0.29, 0.717) is 28.6 Å². The maximum absolute atomic E-state index is 14.7. The van der Waals surface area contributed by atoms with E-state index < -0.39 is 28.5 Å². The first kappa shape index (κ1) is 36.3. The Bertz CT molecular complexity index is 1800. The molecule has 1 N–H and O–H groups in total. The van der Waals surface area contributed by atoms with Crippen molar-refractivity contribution in [3.63, 3.8) is 0 Å². The van der Waals surface area contributed by atoms with Gasteiger partial charge in [-0.2, -0.15) is 0 Å². The number of hydrogen-bond donors (Lipinski definition) is 1. The van der Waals surface area contributed by atoms with Crippen molar-refractivity contribution in [1.82, 2.24) is 10.2 Å². The molecule has 1 saturated carbocycles. The maximum Gasteiger partial charge on any atom is 0.264 e. The Balaban J connectivity index is 1.57. The molecule has 0 heterocycles. The molecule has 0 saturated heterocycles. The number of ether oxygens (including phenoxy) is 1. The van der Waals surface area contributed by atoms with Crippen molar-refractivity contribution < 1.29 is 22.7 Å². The number of hydrogen-bond acceptors (Lipinski definition) is 6. The van der Waals surface area contributed by atoms with Gasteiger partial charge in [-0.3, -0.25) is 13.9 Å². The highest BCUT2D eigenvalue weighted by Crippen LogP contribution is 2.29. The molecule has 49 heavy (non-hydrogen) atoms. The molecule has 1 aliphatic carbocycles. The lowest BCUT2D eigenvalue weighted by Crippen LogP contribution is -2.54. The van der Waals surface area contributed by atoms with Gasteiger partial charge >= 0.3 is 0 Å². The predicted molar refractivity (Wildman–Crippen MR) is 197 cm³/mol. The smallest absolute Gasteiger partial charge is 0.264 e. The number of nitrogens with one attached hydrogen (secondary N) is 1. The van der Waals surface area contributed by atoms with E-state index in [2.05, 4.69) is 5.32 Å². The fraction of sp³-hybridized carbons (Fsp3) is 0.316. The van der Waals surface area contributed by atoms with E-state index in [1.807, 2.05) is 55.6 Å². The molecule has 0 aliphatic heterocycles. The summed E-state index contributed by atoms with van der Waals surface area (Å²) in [4.78, 5) is 31.3. The molecule has 0 spiro atoms. The van der Waals surface area contributed by atoms with Gasteiger partial charge in [0.2, 0.25) is 11.8 Å². The van der Waals surface area contributed by atoms with Gasteiger partial charge in [0.05, 0.1) is 17.2 Å². The number of benzene rings is 4. The first-order chi connectivity index (χ1) is 23.7. The number of amides is 2. The van der Waals surface area contributed by atoms with E-state index in [0.717, 1.165) is 40.4 Å². The second kappa shape index (κ2) is 17.1. The zero-order valence-corrected chi connectivity index (χ0v) is 30.1. The van der Waals surface area contributed by atoms with E-state index >= 15 is 0 Å². The molecule has 2 amide bonds. The van der Waals surface area contributed by atoms with Gasteiger partial charge in [-0.1, -0.05) is 73.0 Å². The number of nitrogens with zero attached hydrogens (tertiary/aromatic N) is 2. The monoisotopic (exact) mass is 719 g/mol. The number of sulfonamides is 1. The number of carbonyl (C=O) groups is 2. The Kier molecular flexibility index (Phi) is 12.7. The van der Waals surface area contributed by atoms with Crippen molar-refractivity contribution >= 4 is 50.9 Å². The Morgan fingerprint density at radius 3 is 2.20 bits per heavy atom. The van der Waals surface area contributed by atoms with E-state index in [9.17, 15) is 18.0 Å². The molecular weight excluding hydrogens is 678 g/mol. The van der Waals surface area contributed by atoms with Crippen molar-refractivity contribution in [3.8, 4) is 5.75 Å². The van der Waals surface area contributed by atoms with Crippen LogP contribution in [0.5, 0.6) is 5.75 Å². The molecule has 1 fully saturated rings. The van der Waals surface area contributed by atoms with Crippen LogP contribution in [0.4, 0.5) is 5.69 Å². The Morgan fingerprint density at radius 1 is 0.918 bits per heavy atom. The Hall–Kier alpha value is -3.99. The largest absolute Gasteiger partial charge is 0.494 e. The van der Waals surface area contributed by atoms with Crippen LogP contribution >= 0.6 is 23.4 Å². The van der Waals surface area contributed by atoms with Gasteiger partial charge in [0.1, 0.15) is 18.3 Å². The lowest BCUT2D eigenvalue weighted by atomic mass is 10.0. The normalized spacial score (nSPS) is 13.9. The summed E-state index contributed by atoms with van der Waals surface area (Å²) in [5, 5.41) is 3.64. The fourth-order valence-electron chi connectivity index (χ4n) is 6.01. The second-order valence-corrected chi connectivity index (χ2v) is 15.1. The van der Waals surface area contributed by atoms with Gasteiger partial charge in [-0.25, -0.2) is 8.42 Å². The molecule has 8 nitrogen and oxygen atoms in total. The fourth-order valence-corrected chi connectivity index (χ4v) is 8.03. The van der Waals surface area contributed by atoms with Gasteiger partial charge in [0.15, 0.2) is 0 Å². The zero-order chi connectivity index (χ0) is 34.8. The van der Waals surface area contributed by atoms with Crippen LogP contribution in [0.1, 0.15) is 43.7 Å². The second-order valence-electron chi connectivity index (χ2n) is 11.9. The topological polar surface area (TPSA) is 96.0 Å². The maximum atomic E-state index is 14.7. The third-order valence-electron chi connectivity index (χ3n) is 8.63. The van der Waals surface area contributed by atoms with Crippen molar-refractivity contribution in [1.29, 1.82) is 0 Å². The van der Waals surface area contributed by atoms with Crippen LogP contribution in [0, 0.1) is 0 Å². The molecule has 0 bridgehead atoms. The number of anilines is 1. The van der Waals surface area contributed by atoms with E-state index in [4.69, 9.17) is 16.3 Å². The van der Waals surface area contributed by atoms with E-state index in [1.165, 1.54) is 16.7 Å². The molecule has 258 valence electrons. The van der Waals surface area contributed by atoms with Crippen molar-refractivity contribution in [3.05, 3.63) is 119 Å². The first-order valence-corrected chi connectivity index (χ1v) is 19.5. The van der Waals surface area contributed by atoms with Gasteiger partial charge < -0.3 is 15.0 Å². The van der Waals surface area contributed by atoms with E-state index in [-0.39, 0.29) is 29.8 Å². The highest BCUT2D eigenvalue weighted by Gasteiger charge is 2.36. The summed E-state index contributed by atoms with van der Waals surface area (Å²) in [5.41, 5.74) is 1.81. The van der Waals surface area contributed by atoms with Crippen LogP contribution in [0.15, 0.2) is 113 Å². The molecule has 5 rings (SSSR count). The molecule has 1 aliphatic rings. The van der Waals surface area contributed by atoms with Crippen LogP contribution in [-0.4, -0.2) is 56.6 Å². The van der Waals surface area contributed by atoms with Crippen LogP contribution in [0.2, 0.25) is 5.02 Å². The summed E-state index contributed by atoms with van der Waals surface area (Å²) in [7, 11) is -4.23. The van der Waals surface area contributed by atoms with Gasteiger partial charge in [0.25, 0.3) is 10.0 Å². The average Bonchev–Trinajstić information content (AvgIpc) is 3.63.